The number of nitrogens with zero attached hydrogens (tertiary/aromatic N) is 3. The van der Waals surface area contributed by atoms with Crippen molar-refractivity contribution < 1.29 is 4.74 Å². The van der Waals surface area contributed by atoms with Crippen LogP contribution in [0.1, 0.15) is 24.0 Å². The highest BCUT2D eigenvalue weighted by molar-refractivity contribution is 14.0. The number of guanidine groups is 1. The SMILES string of the molecule is COCc1ccccc1NC(N)=NCCCCN1CCN(c2cccc(C)c2)CC1.I. The molecule has 170 valence electrons. The van der Waals surface area contributed by atoms with Crippen molar-refractivity contribution in [1.82, 2.24) is 4.90 Å². The van der Waals surface area contributed by atoms with Crippen LogP contribution in [0.15, 0.2) is 53.5 Å². The number of halogens is 1. The van der Waals surface area contributed by atoms with Gasteiger partial charge in [-0.1, -0.05) is 30.3 Å². The van der Waals surface area contributed by atoms with Crippen molar-refractivity contribution in [2.75, 3.05) is 56.6 Å². The monoisotopic (exact) mass is 537 g/mol. The average Bonchev–Trinajstić information content (AvgIpc) is 2.75. The van der Waals surface area contributed by atoms with Gasteiger partial charge in [-0.15, -0.1) is 24.0 Å². The third kappa shape index (κ3) is 8.31. The summed E-state index contributed by atoms with van der Waals surface area (Å²) in [7, 11) is 1.69. The van der Waals surface area contributed by atoms with E-state index in [-0.39, 0.29) is 24.0 Å². The number of para-hydroxylation sites is 1. The maximum absolute atomic E-state index is 6.06. The quantitative estimate of drug-likeness (QED) is 0.219. The second-order valence-electron chi connectivity index (χ2n) is 7.86. The first-order valence-corrected chi connectivity index (χ1v) is 10.8. The smallest absolute Gasteiger partial charge is 0.193 e. The Balaban J connectivity index is 0.00000341. The number of rotatable bonds is 9. The Morgan fingerprint density at radius 3 is 2.58 bits per heavy atom. The second kappa shape index (κ2) is 13.5. The van der Waals surface area contributed by atoms with Gasteiger partial charge >= 0.3 is 0 Å². The Labute approximate surface area is 203 Å². The van der Waals surface area contributed by atoms with E-state index in [0.29, 0.717) is 12.6 Å². The van der Waals surface area contributed by atoms with Crippen molar-refractivity contribution in [2.24, 2.45) is 10.7 Å². The van der Waals surface area contributed by atoms with Crippen LogP contribution in [0.25, 0.3) is 0 Å². The molecule has 0 amide bonds. The van der Waals surface area contributed by atoms with Gasteiger partial charge in [0.15, 0.2) is 5.96 Å². The van der Waals surface area contributed by atoms with Crippen LogP contribution in [0.4, 0.5) is 11.4 Å². The molecule has 1 aliphatic rings. The van der Waals surface area contributed by atoms with Gasteiger partial charge < -0.3 is 20.7 Å². The highest BCUT2D eigenvalue weighted by atomic mass is 127. The fourth-order valence-electron chi connectivity index (χ4n) is 3.80. The van der Waals surface area contributed by atoms with Crippen molar-refractivity contribution in [3.63, 3.8) is 0 Å². The fraction of sp³-hybridized carbons (Fsp3) is 0.458. The molecule has 1 fully saturated rings. The number of unbranched alkanes of at least 4 members (excludes halogenated alkanes) is 1. The molecule has 0 atom stereocenters. The highest BCUT2D eigenvalue weighted by Gasteiger charge is 2.16. The van der Waals surface area contributed by atoms with Gasteiger partial charge in [-0.25, -0.2) is 0 Å². The van der Waals surface area contributed by atoms with Crippen molar-refractivity contribution in [3.8, 4) is 0 Å². The number of hydrogen-bond acceptors (Lipinski definition) is 4. The normalized spacial score (nSPS) is 14.9. The zero-order valence-corrected chi connectivity index (χ0v) is 21.0. The van der Waals surface area contributed by atoms with Crippen LogP contribution in [0.3, 0.4) is 0 Å². The lowest BCUT2D eigenvalue weighted by Gasteiger charge is -2.36. The number of hydrogen-bond donors (Lipinski definition) is 2. The van der Waals surface area contributed by atoms with Crippen molar-refractivity contribution in [2.45, 2.75) is 26.4 Å². The van der Waals surface area contributed by atoms with Gasteiger partial charge in [0.25, 0.3) is 0 Å². The molecule has 0 saturated carbocycles. The predicted molar refractivity (Wildman–Crippen MR) is 142 cm³/mol. The minimum atomic E-state index is 0. The largest absolute Gasteiger partial charge is 0.380 e. The number of nitrogens with two attached hydrogens (primary N) is 1. The van der Waals surface area contributed by atoms with Gasteiger partial charge in [-0.2, -0.15) is 0 Å². The molecule has 31 heavy (non-hydrogen) atoms. The van der Waals surface area contributed by atoms with Crippen LogP contribution in [0.5, 0.6) is 0 Å². The summed E-state index contributed by atoms with van der Waals surface area (Å²) < 4.78 is 5.23. The first kappa shape index (κ1) is 25.4. The van der Waals surface area contributed by atoms with E-state index in [1.807, 2.05) is 24.3 Å². The molecule has 2 aromatic rings. The standard InChI is InChI=1S/C24H35N5O.HI/c1-20-8-7-10-22(18-20)29-16-14-28(15-17-29)13-6-5-12-26-24(25)27-23-11-4-3-9-21(23)19-30-2;/h3-4,7-11,18H,5-6,12-17,19H2,1-2H3,(H3,25,26,27);1H. The zero-order valence-electron chi connectivity index (χ0n) is 18.7. The van der Waals surface area contributed by atoms with E-state index in [2.05, 4.69) is 51.3 Å². The molecular weight excluding hydrogens is 501 g/mol. The highest BCUT2D eigenvalue weighted by Crippen LogP contribution is 2.18. The molecule has 6 nitrogen and oxygen atoms in total. The van der Waals surface area contributed by atoms with Gasteiger partial charge in [-0.3, -0.25) is 9.89 Å². The summed E-state index contributed by atoms with van der Waals surface area (Å²) in [5.74, 6) is 0.463. The van der Waals surface area contributed by atoms with Crippen molar-refractivity contribution in [1.29, 1.82) is 0 Å². The number of ether oxygens (including phenoxy) is 1. The van der Waals surface area contributed by atoms with Gasteiger partial charge in [0.05, 0.1) is 6.61 Å². The average molecular weight is 537 g/mol. The van der Waals surface area contributed by atoms with E-state index in [1.54, 1.807) is 7.11 Å². The van der Waals surface area contributed by atoms with E-state index in [1.165, 1.54) is 11.3 Å². The lowest BCUT2D eigenvalue weighted by Crippen LogP contribution is -2.46. The van der Waals surface area contributed by atoms with Crippen LogP contribution in [-0.2, 0) is 11.3 Å². The zero-order chi connectivity index (χ0) is 21.2. The second-order valence-corrected chi connectivity index (χ2v) is 7.86. The summed E-state index contributed by atoms with van der Waals surface area (Å²) in [5.41, 5.74) is 10.8. The van der Waals surface area contributed by atoms with Crippen LogP contribution in [-0.4, -0.2) is 57.2 Å². The maximum Gasteiger partial charge on any atom is 0.193 e. The molecule has 0 unspecified atom stereocenters. The molecule has 0 aliphatic carbocycles. The van der Waals surface area contributed by atoms with Crippen LogP contribution >= 0.6 is 24.0 Å². The van der Waals surface area contributed by atoms with Gasteiger partial charge in [0.1, 0.15) is 0 Å². The lowest BCUT2D eigenvalue weighted by molar-refractivity contribution is 0.185. The molecule has 7 heteroatoms. The Morgan fingerprint density at radius 2 is 1.84 bits per heavy atom. The number of piperazine rings is 1. The van der Waals surface area contributed by atoms with Crippen LogP contribution < -0.4 is 16.0 Å². The molecule has 0 bridgehead atoms. The fourth-order valence-corrected chi connectivity index (χ4v) is 3.80. The Hall–Kier alpha value is -1.84. The molecule has 3 rings (SSSR count). The molecule has 1 aliphatic heterocycles. The molecule has 0 spiro atoms. The van der Waals surface area contributed by atoms with E-state index in [9.17, 15) is 0 Å². The van der Waals surface area contributed by atoms with Crippen molar-refractivity contribution >= 4 is 41.3 Å². The molecule has 2 aromatic carbocycles. The number of aliphatic imine (C=N–C) groups is 1. The summed E-state index contributed by atoms with van der Waals surface area (Å²) in [4.78, 5) is 9.52. The Kier molecular flexibility index (Phi) is 11.1. The third-order valence-corrected chi connectivity index (χ3v) is 5.48. The van der Waals surface area contributed by atoms with E-state index in [4.69, 9.17) is 10.5 Å². The number of anilines is 2. The van der Waals surface area contributed by atoms with Crippen molar-refractivity contribution in [3.05, 3.63) is 59.7 Å². The molecular formula is C24H36IN5O. The molecule has 0 radical (unpaired) electrons. The first-order valence-electron chi connectivity index (χ1n) is 10.8. The summed E-state index contributed by atoms with van der Waals surface area (Å²) in [6.07, 6.45) is 2.18. The lowest BCUT2D eigenvalue weighted by atomic mass is 10.2. The molecule has 3 N–H and O–H groups in total. The number of nitrogens with one attached hydrogen (secondary N) is 1. The summed E-state index contributed by atoms with van der Waals surface area (Å²) in [5, 5.41) is 3.19. The van der Waals surface area contributed by atoms with E-state index in [0.717, 1.165) is 63.4 Å². The Bertz CT molecular complexity index is 821. The summed E-state index contributed by atoms with van der Waals surface area (Å²) in [6.45, 7) is 9.01. The number of methoxy groups -OCH3 is 1. The number of benzene rings is 2. The van der Waals surface area contributed by atoms with Crippen LogP contribution in [0.2, 0.25) is 0 Å². The first-order chi connectivity index (χ1) is 14.7. The molecule has 0 aromatic heterocycles. The minimum absolute atomic E-state index is 0. The van der Waals surface area contributed by atoms with Gasteiger partial charge in [-0.05, 0) is 50.1 Å². The van der Waals surface area contributed by atoms with E-state index >= 15 is 0 Å². The van der Waals surface area contributed by atoms with E-state index < -0.39 is 0 Å². The number of aryl methyl sites for hydroxylation is 1. The van der Waals surface area contributed by atoms with Crippen LogP contribution in [0, 0.1) is 6.92 Å². The molecule has 1 saturated heterocycles. The summed E-state index contributed by atoms with van der Waals surface area (Å²) >= 11 is 0. The summed E-state index contributed by atoms with van der Waals surface area (Å²) in [6, 6.07) is 16.8. The topological polar surface area (TPSA) is 66.1 Å². The predicted octanol–water partition coefficient (Wildman–Crippen LogP) is 4.09. The maximum atomic E-state index is 6.06. The Morgan fingerprint density at radius 1 is 1.06 bits per heavy atom. The third-order valence-electron chi connectivity index (χ3n) is 5.48. The minimum Gasteiger partial charge on any atom is -0.380 e. The molecule has 1 heterocycles. The van der Waals surface area contributed by atoms with Gasteiger partial charge in [0, 0.05) is 56.8 Å². The van der Waals surface area contributed by atoms with Gasteiger partial charge in [0.2, 0.25) is 0 Å².